The van der Waals surface area contributed by atoms with Crippen LogP contribution in [0.25, 0.3) is 0 Å². The molecule has 2 N–H and O–H groups in total. The normalized spacial score (nSPS) is 10.5. The summed E-state index contributed by atoms with van der Waals surface area (Å²) in [5, 5.41) is 4.11. The summed E-state index contributed by atoms with van der Waals surface area (Å²) >= 11 is 0. The predicted molar refractivity (Wildman–Crippen MR) is 68.0 cm³/mol. The topological polar surface area (TPSA) is 53.1 Å². The van der Waals surface area contributed by atoms with Gasteiger partial charge in [-0.05, 0) is 24.1 Å². The molecule has 0 aliphatic carbocycles. The van der Waals surface area contributed by atoms with Gasteiger partial charge in [0.1, 0.15) is 5.75 Å². The van der Waals surface area contributed by atoms with E-state index in [1.165, 1.54) is 5.56 Å². The molecule has 17 heavy (non-hydrogen) atoms. The van der Waals surface area contributed by atoms with Gasteiger partial charge >= 0.3 is 0 Å². The average Bonchev–Trinajstić information content (AvgIpc) is 2.70. The number of nitrogen functional groups attached to an aromatic ring is 1. The molecule has 4 nitrogen and oxygen atoms in total. The minimum absolute atomic E-state index is 0.610. The Morgan fingerprint density at radius 1 is 1.41 bits per heavy atom. The maximum atomic E-state index is 5.92. The second-order valence-corrected chi connectivity index (χ2v) is 4.11. The van der Waals surface area contributed by atoms with Crippen molar-refractivity contribution in [2.45, 2.75) is 13.3 Å². The van der Waals surface area contributed by atoms with Crippen LogP contribution in [0.2, 0.25) is 0 Å². The lowest BCUT2D eigenvalue weighted by Gasteiger charge is -2.09. The molecule has 4 heteroatoms. The molecule has 0 atom stereocenters. The zero-order valence-electron chi connectivity index (χ0n) is 10.2. The van der Waals surface area contributed by atoms with Crippen LogP contribution in [-0.4, -0.2) is 16.4 Å². The number of aromatic nitrogens is 2. The number of para-hydroxylation sites is 1. The number of hydrogen-bond donors (Lipinski definition) is 1. The van der Waals surface area contributed by atoms with Gasteiger partial charge in [-0.25, -0.2) is 0 Å². The number of ether oxygens (including phenoxy) is 1. The van der Waals surface area contributed by atoms with Crippen molar-refractivity contribution in [2.75, 3.05) is 12.3 Å². The van der Waals surface area contributed by atoms with E-state index in [-0.39, 0.29) is 0 Å². The Morgan fingerprint density at radius 2 is 2.24 bits per heavy atom. The highest BCUT2D eigenvalue weighted by molar-refractivity contribution is 5.57. The van der Waals surface area contributed by atoms with Crippen LogP contribution >= 0.6 is 0 Å². The predicted octanol–water partition coefficient (Wildman–Crippen LogP) is 1.93. The highest BCUT2D eigenvalue weighted by Crippen LogP contribution is 2.24. The summed E-state index contributed by atoms with van der Waals surface area (Å²) in [4.78, 5) is 0. The number of nitrogens with two attached hydrogens (primary N) is 1. The number of hydrogen-bond acceptors (Lipinski definition) is 3. The fraction of sp³-hybridized carbons (Fsp3) is 0.308. The van der Waals surface area contributed by atoms with E-state index >= 15 is 0 Å². The first-order valence-electron chi connectivity index (χ1n) is 5.62. The number of benzene rings is 1. The first-order chi connectivity index (χ1) is 8.16. The molecule has 90 valence electrons. The molecule has 0 saturated carbocycles. The fourth-order valence-corrected chi connectivity index (χ4v) is 1.66. The zero-order valence-corrected chi connectivity index (χ0v) is 10.2. The zero-order chi connectivity index (χ0) is 12.3. The van der Waals surface area contributed by atoms with E-state index in [2.05, 4.69) is 5.10 Å². The van der Waals surface area contributed by atoms with E-state index < -0.39 is 0 Å². The number of anilines is 1. The van der Waals surface area contributed by atoms with Crippen LogP contribution in [0.5, 0.6) is 5.75 Å². The van der Waals surface area contributed by atoms with Crippen molar-refractivity contribution < 1.29 is 4.74 Å². The summed E-state index contributed by atoms with van der Waals surface area (Å²) in [5.41, 5.74) is 8.86. The maximum Gasteiger partial charge on any atom is 0.142 e. The fourth-order valence-electron chi connectivity index (χ4n) is 1.66. The summed E-state index contributed by atoms with van der Waals surface area (Å²) in [6.07, 6.45) is 4.67. The number of aryl methyl sites for hydroxylation is 2. The molecule has 1 aromatic carbocycles. The van der Waals surface area contributed by atoms with Gasteiger partial charge < -0.3 is 10.5 Å². The van der Waals surface area contributed by atoms with Gasteiger partial charge in [0.15, 0.2) is 0 Å². The Kier molecular flexibility index (Phi) is 3.32. The summed E-state index contributed by atoms with van der Waals surface area (Å²) in [6, 6.07) is 5.82. The Labute approximate surface area is 101 Å². The molecule has 2 aromatic rings. The van der Waals surface area contributed by atoms with Crippen molar-refractivity contribution >= 4 is 5.69 Å². The first-order valence-corrected chi connectivity index (χ1v) is 5.62. The van der Waals surface area contributed by atoms with Gasteiger partial charge in [0.25, 0.3) is 0 Å². The molecular formula is C13H17N3O. The molecule has 2 rings (SSSR count). The van der Waals surface area contributed by atoms with Crippen LogP contribution < -0.4 is 10.5 Å². The van der Waals surface area contributed by atoms with Crippen molar-refractivity contribution in [3.63, 3.8) is 0 Å². The lowest BCUT2D eigenvalue weighted by atomic mass is 10.2. The van der Waals surface area contributed by atoms with Gasteiger partial charge in [-0.15, -0.1) is 0 Å². The Morgan fingerprint density at radius 3 is 2.94 bits per heavy atom. The van der Waals surface area contributed by atoms with Crippen LogP contribution in [0.4, 0.5) is 5.69 Å². The maximum absolute atomic E-state index is 5.92. The smallest absolute Gasteiger partial charge is 0.142 e. The summed E-state index contributed by atoms with van der Waals surface area (Å²) in [6.45, 7) is 2.59. The molecular weight excluding hydrogens is 214 g/mol. The lowest BCUT2D eigenvalue weighted by molar-refractivity contribution is 0.323. The third kappa shape index (κ3) is 2.78. The average molecular weight is 231 g/mol. The lowest BCUT2D eigenvalue weighted by Crippen LogP contribution is -2.03. The van der Waals surface area contributed by atoms with E-state index in [9.17, 15) is 0 Å². The Bertz CT molecular complexity index is 505. The van der Waals surface area contributed by atoms with Crippen molar-refractivity contribution in [2.24, 2.45) is 7.05 Å². The molecule has 1 aromatic heterocycles. The number of rotatable bonds is 4. The molecule has 0 aliphatic heterocycles. The van der Waals surface area contributed by atoms with Gasteiger partial charge in [0.05, 0.1) is 18.5 Å². The molecule has 0 unspecified atom stereocenters. The van der Waals surface area contributed by atoms with E-state index in [0.29, 0.717) is 6.61 Å². The van der Waals surface area contributed by atoms with Crippen molar-refractivity contribution in [3.8, 4) is 5.75 Å². The second-order valence-electron chi connectivity index (χ2n) is 4.11. The number of nitrogens with zero attached hydrogens (tertiary/aromatic N) is 2. The van der Waals surface area contributed by atoms with Crippen LogP contribution in [0.15, 0.2) is 30.6 Å². The van der Waals surface area contributed by atoms with E-state index in [0.717, 1.165) is 23.4 Å². The Balaban J connectivity index is 1.92. The minimum Gasteiger partial charge on any atom is -0.491 e. The molecule has 0 saturated heterocycles. The van der Waals surface area contributed by atoms with Gasteiger partial charge in [0.2, 0.25) is 0 Å². The van der Waals surface area contributed by atoms with Gasteiger partial charge in [-0.2, -0.15) is 5.10 Å². The molecule has 0 spiro atoms. The molecule has 0 bridgehead atoms. The van der Waals surface area contributed by atoms with E-state index in [1.807, 2.05) is 44.6 Å². The monoisotopic (exact) mass is 231 g/mol. The highest BCUT2D eigenvalue weighted by Gasteiger charge is 2.03. The quantitative estimate of drug-likeness (QED) is 0.818. The van der Waals surface area contributed by atoms with E-state index in [1.54, 1.807) is 4.68 Å². The molecule has 1 heterocycles. The SMILES string of the molecule is Cc1cccc(OCCc2cnn(C)c2)c1N. The summed E-state index contributed by atoms with van der Waals surface area (Å²) in [7, 11) is 1.91. The van der Waals surface area contributed by atoms with Crippen LogP contribution in [0.3, 0.4) is 0 Å². The van der Waals surface area contributed by atoms with Gasteiger partial charge in [0, 0.05) is 19.7 Å². The summed E-state index contributed by atoms with van der Waals surface area (Å²) < 4.78 is 7.46. The third-order valence-corrected chi connectivity index (χ3v) is 2.69. The molecule has 0 fully saturated rings. The second kappa shape index (κ2) is 4.91. The van der Waals surface area contributed by atoms with Crippen molar-refractivity contribution in [3.05, 3.63) is 41.7 Å². The minimum atomic E-state index is 0.610. The Hall–Kier alpha value is -1.97. The van der Waals surface area contributed by atoms with Gasteiger partial charge in [-0.3, -0.25) is 4.68 Å². The molecule has 0 aliphatic rings. The van der Waals surface area contributed by atoms with Crippen LogP contribution in [0, 0.1) is 6.92 Å². The summed E-state index contributed by atoms with van der Waals surface area (Å²) in [5.74, 6) is 0.758. The van der Waals surface area contributed by atoms with Gasteiger partial charge in [-0.1, -0.05) is 12.1 Å². The van der Waals surface area contributed by atoms with Crippen molar-refractivity contribution in [1.82, 2.24) is 9.78 Å². The molecule has 0 radical (unpaired) electrons. The third-order valence-electron chi connectivity index (χ3n) is 2.69. The van der Waals surface area contributed by atoms with E-state index in [4.69, 9.17) is 10.5 Å². The van der Waals surface area contributed by atoms with Crippen LogP contribution in [0.1, 0.15) is 11.1 Å². The standard InChI is InChI=1S/C13H17N3O/c1-10-4-3-5-12(13(10)14)17-7-6-11-8-15-16(2)9-11/h3-5,8-9H,6-7,14H2,1-2H3. The largest absolute Gasteiger partial charge is 0.491 e. The van der Waals surface area contributed by atoms with Crippen molar-refractivity contribution in [1.29, 1.82) is 0 Å². The molecule has 0 amide bonds. The van der Waals surface area contributed by atoms with Crippen LogP contribution in [-0.2, 0) is 13.5 Å². The highest BCUT2D eigenvalue weighted by atomic mass is 16.5. The first kappa shape index (κ1) is 11.5.